The Labute approximate surface area is 118 Å². The lowest BCUT2D eigenvalue weighted by atomic mass is 10.1. The molecule has 0 spiro atoms. The van der Waals surface area contributed by atoms with Crippen molar-refractivity contribution in [2.45, 2.75) is 25.4 Å². The maximum atomic E-state index is 5.58. The van der Waals surface area contributed by atoms with Crippen LogP contribution in [0.4, 0.5) is 0 Å². The summed E-state index contributed by atoms with van der Waals surface area (Å²) >= 11 is 3.50. The number of benzene rings is 1. The quantitative estimate of drug-likeness (QED) is 0.801. The second-order valence-corrected chi connectivity index (χ2v) is 5.50. The summed E-state index contributed by atoms with van der Waals surface area (Å²) in [7, 11) is 3.89. The molecular weight excluding hydrogens is 292 g/mol. The summed E-state index contributed by atoms with van der Waals surface area (Å²) in [5, 5.41) is 0. The van der Waals surface area contributed by atoms with Gasteiger partial charge in [-0.15, -0.1) is 0 Å². The van der Waals surface area contributed by atoms with Crippen molar-refractivity contribution in [3.8, 4) is 0 Å². The maximum Gasteiger partial charge on any atom is 0.0618 e. The van der Waals surface area contributed by atoms with Crippen LogP contribution in [0.15, 0.2) is 28.7 Å². The van der Waals surface area contributed by atoms with Crippen molar-refractivity contribution in [3.05, 3.63) is 34.3 Å². The fraction of sp³-hybridized carbons (Fsp3) is 0.571. The van der Waals surface area contributed by atoms with E-state index < -0.39 is 0 Å². The monoisotopic (exact) mass is 314 g/mol. The second kappa shape index (κ2) is 8.64. The van der Waals surface area contributed by atoms with Crippen LogP contribution < -0.4 is 5.73 Å². The molecule has 0 amide bonds. The fourth-order valence-corrected chi connectivity index (χ4v) is 2.48. The molecule has 3 nitrogen and oxygen atoms in total. The molecule has 0 heterocycles. The van der Waals surface area contributed by atoms with Crippen LogP contribution in [0.1, 0.15) is 18.4 Å². The molecule has 0 aromatic heterocycles. The van der Waals surface area contributed by atoms with Gasteiger partial charge >= 0.3 is 0 Å². The van der Waals surface area contributed by atoms with E-state index in [4.69, 9.17) is 10.5 Å². The van der Waals surface area contributed by atoms with Gasteiger partial charge in [0.1, 0.15) is 0 Å². The van der Waals surface area contributed by atoms with Crippen LogP contribution in [0.5, 0.6) is 0 Å². The number of nitrogens with two attached hydrogens (primary N) is 1. The first-order valence-electron chi connectivity index (χ1n) is 6.31. The van der Waals surface area contributed by atoms with Gasteiger partial charge in [-0.3, -0.25) is 4.90 Å². The molecule has 18 heavy (non-hydrogen) atoms. The highest BCUT2D eigenvalue weighted by atomic mass is 79.9. The number of rotatable bonds is 8. The molecule has 0 radical (unpaired) electrons. The molecule has 1 atom stereocenters. The molecule has 0 fully saturated rings. The number of hydrogen-bond donors (Lipinski definition) is 1. The predicted octanol–water partition coefficient (Wildman–Crippen LogP) is 2.63. The van der Waals surface area contributed by atoms with Gasteiger partial charge in [-0.25, -0.2) is 0 Å². The van der Waals surface area contributed by atoms with Crippen molar-refractivity contribution in [3.63, 3.8) is 0 Å². The fourth-order valence-electron chi connectivity index (χ4n) is 2.03. The molecule has 2 N–H and O–H groups in total. The minimum Gasteiger partial charge on any atom is -0.383 e. The Morgan fingerprint density at radius 2 is 2.22 bits per heavy atom. The van der Waals surface area contributed by atoms with Gasteiger partial charge in [0.15, 0.2) is 0 Å². The van der Waals surface area contributed by atoms with Crippen molar-refractivity contribution in [1.29, 1.82) is 0 Å². The Bertz CT molecular complexity index is 346. The Morgan fingerprint density at radius 3 is 2.83 bits per heavy atom. The highest BCUT2D eigenvalue weighted by Crippen LogP contribution is 2.15. The van der Waals surface area contributed by atoms with Crippen LogP contribution in [0, 0.1) is 0 Å². The molecule has 1 unspecified atom stereocenters. The molecule has 0 bridgehead atoms. The SMILES string of the molecule is COCC(CCCN)N(C)Cc1cccc(Br)c1. The highest BCUT2D eigenvalue weighted by Gasteiger charge is 2.14. The predicted molar refractivity (Wildman–Crippen MR) is 79.6 cm³/mol. The second-order valence-electron chi connectivity index (χ2n) is 4.59. The van der Waals surface area contributed by atoms with Gasteiger partial charge in [-0.2, -0.15) is 0 Å². The lowest BCUT2D eigenvalue weighted by molar-refractivity contribution is 0.0962. The van der Waals surface area contributed by atoms with Gasteiger partial charge < -0.3 is 10.5 Å². The third-order valence-electron chi connectivity index (χ3n) is 3.04. The molecule has 0 aliphatic carbocycles. The topological polar surface area (TPSA) is 38.5 Å². The van der Waals surface area contributed by atoms with Crippen LogP contribution in [0.3, 0.4) is 0 Å². The molecule has 0 saturated heterocycles. The van der Waals surface area contributed by atoms with Gasteiger partial charge in [-0.05, 0) is 44.1 Å². The summed E-state index contributed by atoms with van der Waals surface area (Å²) in [6, 6.07) is 8.85. The maximum absolute atomic E-state index is 5.58. The third kappa shape index (κ3) is 5.48. The molecule has 1 aromatic carbocycles. The van der Waals surface area contributed by atoms with Crippen molar-refractivity contribution in [2.24, 2.45) is 5.73 Å². The Morgan fingerprint density at radius 1 is 1.44 bits per heavy atom. The normalized spacial score (nSPS) is 12.9. The first kappa shape index (κ1) is 15.6. The number of halogens is 1. The van der Waals surface area contributed by atoms with Gasteiger partial charge in [-0.1, -0.05) is 28.1 Å². The molecule has 102 valence electrons. The zero-order chi connectivity index (χ0) is 13.4. The number of ether oxygens (including phenoxy) is 1. The lowest BCUT2D eigenvalue weighted by Crippen LogP contribution is -2.35. The first-order valence-corrected chi connectivity index (χ1v) is 7.10. The summed E-state index contributed by atoms with van der Waals surface area (Å²) < 4.78 is 6.42. The van der Waals surface area contributed by atoms with Crippen LogP contribution in [-0.2, 0) is 11.3 Å². The lowest BCUT2D eigenvalue weighted by Gasteiger charge is -2.27. The van der Waals surface area contributed by atoms with Crippen LogP contribution in [0.2, 0.25) is 0 Å². The van der Waals surface area contributed by atoms with E-state index in [-0.39, 0.29) is 0 Å². The van der Waals surface area contributed by atoms with E-state index in [1.807, 2.05) is 6.07 Å². The van der Waals surface area contributed by atoms with E-state index in [2.05, 4.69) is 46.1 Å². The van der Waals surface area contributed by atoms with Crippen LogP contribution >= 0.6 is 15.9 Å². The average molecular weight is 315 g/mol. The summed E-state index contributed by atoms with van der Waals surface area (Å²) in [5.74, 6) is 0. The number of methoxy groups -OCH3 is 1. The minimum absolute atomic E-state index is 0.428. The van der Waals surface area contributed by atoms with Gasteiger partial charge in [0.2, 0.25) is 0 Å². The molecular formula is C14H23BrN2O. The Kier molecular flexibility index (Phi) is 7.51. The van der Waals surface area contributed by atoms with Gasteiger partial charge in [0.05, 0.1) is 6.61 Å². The highest BCUT2D eigenvalue weighted by molar-refractivity contribution is 9.10. The number of nitrogens with zero attached hydrogens (tertiary/aromatic N) is 1. The summed E-state index contributed by atoms with van der Waals surface area (Å²) in [5.41, 5.74) is 6.89. The largest absolute Gasteiger partial charge is 0.383 e. The summed E-state index contributed by atoms with van der Waals surface area (Å²) in [4.78, 5) is 2.33. The van der Waals surface area contributed by atoms with Crippen molar-refractivity contribution in [1.82, 2.24) is 4.90 Å². The molecule has 1 aromatic rings. The van der Waals surface area contributed by atoms with E-state index in [0.29, 0.717) is 6.04 Å². The zero-order valence-corrected chi connectivity index (χ0v) is 12.8. The van der Waals surface area contributed by atoms with E-state index in [1.54, 1.807) is 7.11 Å². The first-order chi connectivity index (χ1) is 8.67. The molecule has 1 rings (SSSR count). The average Bonchev–Trinajstić information content (AvgIpc) is 2.34. The van der Waals surface area contributed by atoms with Crippen molar-refractivity contribution >= 4 is 15.9 Å². The zero-order valence-electron chi connectivity index (χ0n) is 11.2. The van der Waals surface area contributed by atoms with Gasteiger partial charge in [0, 0.05) is 24.2 Å². The van der Waals surface area contributed by atoms with Crippen molar-refractivity contribution < 1.29 is 4.74 Å². The third-order valence-corrected chi connectivity index (χ3v) is 3.54. The van der Waals surface area contributed by atoms with E-state index in [0.717, 1.165) is 37.0 Å². The standard InChI is InChI=1S/C14H23BrN2O/c1-17(14(11-18-2)7-4-8-16)10-12-5-3-6-13(15)9-12/h3,5-6,9,14H,4,7-8,10-11,16H2,1-2H3. The number of hydrogen-bond acceptors (Lipinski definition) is 3. The van der Waals surface area contributed by atoms with Crippen LogP contribution in [-0.4, -0.2) is 38.3 Å². The smallest absolute Gasteiger partial charge is 0.0618 e. The van der Waals surface area contributed by atoms with E-state index in [1.165, 1.54) is 5.56 Å². The van der Waals surface area contributed by atoms with E-state index in [9.17, 15) is 0 Å². The molecule has 0 saturated carbocycles. The Balaban J connectivity index is 2.56. The molecule has 4 heteroatoms. The Hall–Kier alpha value is -0.420. The van der Waals surface area contributed by atoms with Gasteiger partial charge in [0.25, 0.3) is 0 Å². The van der Waals surface area contributed by atoms with Crippen molar-refractivity contribution in [2.75, 3.05) is 27.3 Å². The molecule has 0 aliphatic heterocycles. The summed E-state index contributed by atoms with van der Waals surface area (Å²) in [6.45, 7) is 2.42. The van der Waals surface area contributed by atoms with Crippen LogP contribution in [0.25, 0.3) is 0 Å². The minimum atomic E-state index is 0.428. The molecule has 0 aliphatic rings. The van der Waals surface area contributed by atoms with E-state index >= 15 is 0 Å². The summed E-state index contributed by atoms with van der Waals surface area (Å²) in [6.07, 6.45) is 2.12. The number of likely N-dealkylation sites (N-methyl/N-ethyl adjacent to an activating group) is 1.